The van der Waals surface area contributed by atoms with Gasteiger partial charge in [-0.15, -0.1) is 0 Å². The van der Waals surface area contributed by atoms with Crippen molar-refractivity contribution in [2.45, 2.75) is 39.2 Å². The fourth-order valence-electron chi connectivity index (χ4n) is 1.66. The molecule has 0 bridgehead atoms. The average molecular weight is 234 g/mol. The summed E-state index contributed by atoms with van der Waals surface area (Å²) in [5, 5.41) is 2.87. The van der Waals surface area contributed by atoms with Crippen LogP contribution in [0.15, 0.2) is 24.3 Å². The normalized spacial score (nSPS) is 12.2. The van der Waals surface area contributed by atoms with Crippen molar-refractivity contribution in [1.82, 2.24) is 5.32 Å². The maximum Gasteiger partial charge on any atom is 0.236 e. The van der Waals surface area contributed by atoms with E-state index in [1.807, 2.05) is 6.92 Å². The van der Waals surface area contributed by atoms with Crippen molar-refractivity contribution in [3.63, 3.8) is 0 Å². The molecule has 1 rings (SSSR count). The molecule has 3 nitrogen and oxygen atoms in total. The van der Waals surface area contributed by atoms with E-state index in [2.05, 4.69) is 36.5 Å². The first kappa shape index (κ1) is 13.7. The van der Waals surface area contributed by atoms with Crippen molar-refractivity contribution < 1.29 is 4.79 Å². The van der Waals surface area contributed by atoms with Crippen LogP contribution in [0.5, 0.6) is 0 Å². The highest BCUT2D eigenvalue weighted by Gasteiger charge is 2.10. The number of carbonyl (C=O) groups excluding carboxylic acids is 1. The van der Waals surface area contributed by atoms with Crippen LogP contribution in [-0.2, 0) is 11.2 Å². The molecule has 94 valence electrons. The molecule has 17 heavy (non-hydrogen) atoms. The molecule has 0 aliphatic heterocycles. The highest BCUT2D eigenvalue weighted by Crippen LogP contribution is 2.03. The minimum Gasteiger partial charge on any atom is -0.354 e. The molecule has 0 heterocycles. The van der Waals surface area contributed by atoms with Gasteiger partial charge in [-0.3, -0.25) is 4.79 Å². The van der Waals surface area contributed by atoms with E-state index in [0.717, 1.165) is 19.3 Å². The molecule has 1 aromatic rings. The molecular weight excluding hydrogens is 212 g/mol. The van der Waals surface area contributed by atoms with Crippen LogP contribution in [0.1, 0.15) is 30.9 Å². The Bertz CT molecular complexity index is 346. The smallest absolute Gasteiger partial charge is 0.236 e. The predicted molar refractivity (Wildman–Crippen MR) is 70.8 cm³/mol. The van der Waals surface area contributed by atoms with Gasteiger partial charge in [0.25, 0.3) is 0 Å². The zero-order chi connectivity index (χ0) is 12.7. The van der Waals surface area contributed by atoms with Gasteiger partial charge in [-0.2, -0.15) is 0 Å². The van der Waals surface area contributed by atoms with Crippen LogP contribution in [-0.4, -0.2) is 18.5 Å². The number of aryl methyl sites for hydroxylation is 1. The lowest BCUT2D eigenvalue weighted by atomic mass is 10.1. The van der Waals surface area contributed by atoms with E-state index in [1.54, 1.807) is 0 Å². The van der Waals surface area contributed by atoms with E-state index in [4.69, 9.17) is 5.73 Å². The monoisotopic (exact) mass is 234 g/mol. The second-order valence-electron chi connectivity index (χ2n) is 4.42. The Morgan fingerprint density at radius 1 is 1.35 bits per heavy atom. The quantitative estimate of drug-likeness (QED) is 0.788. The molecule has 1 unspecified atom stereocenters. The van der Waals surface area contributed by atoms with E-state index in [0.29, 0.717) is 6.54 Å². The molecule has 1 aromatic carbocycles. The first-order valence-corrected chi connectivity index (χ1v) is 6.22. The molecule has 0 saturated heterocycles. The predicted octanol–water partition coefficient (Wildman–Crippen LogP) is 1.78. The summed E-state index contributed by atoms with van der Waals surface area (Å²) in [5.41, 5.74) is 8.20. The number of nitrogens with two attached hydrogens (primary N) is 1. The Kier molecular flexibility index (Phi) is 5.70. The van der Waals surface area contributed by atoms with Crippen molar-refractivity contribution in [2.75, 3.05) is 6.54 Å². The molecule has 3 heteroatoms. The van der Waals surface area contributed by atoms with Crippen LogP contribution in [0.2, 0.25) is 0 Å². The van der Waals surface area contributed by atoms with Gasteiger partial charge in [0.2, 0.25) is 5.91 Å². The molecule has 3 N–H and O–H groups in total. The van der Waals surface area contributed by atoms with Crippen LogP contribution < -0.4 is 11.1 Å². The van der Waals surface area contributed by atoms with Gasteiger partial charge in [-0.25, -0.2) is 0 Å². The van der Waals surface area contributed by atoms with Gasteiger partial charge < -0.3 is 11.1 Å². The molecule has 0 spiro atoms. The lowest BCUT2D eigenvalue weighted by Gasteiger charge is -2.11. The Hall–Kier alpha value is -1.35. The highest BCUT2D eigenvalue weighted by molar-refractivity contribution is 5.81. The van der Waals surface area contributed by atoms with Crippen LogP contribution in [0.25, 0.3) is 0 Å². The van der Waals surface area contributed by atoms with Gasteiger partial charge in [0.15, 0.2) is 0 Å². The van der Waals surface area contributed by atoms with Crippen molar-refractivity contribution in [3.8, 4) is 0 Å². The van der Waals surface area contributed by atoms with E-state index in [-0.39, 0.29) is 11.9 Å². The fraction of sp³-hybridized carbons (Fsp3) is 0.500. The number of nitrogens with one attached hydrogen (secondary N) is 1. The Morgan fingerprint density at radius 2 is 2.00 bits per heavy atom. The molecule has 1 amide bonds. The summed E-state index contributed by atoms with van der Waals surface area (Å²) in [6, 6.07) is 7.99. The molecule has 0 saturated carbocycles. The number of hydrogen-bond acceptors (Lipinski definition) is 2. The average Bonchev–Trinajstić information content (AvgIpc) is 2.32. The minimum atomic E-state index is -0.363. The zero-order valence-corrected chi connectivity index (χ0v) is 10.7. The number of hydrogen-bond donors (Lipinski definition) is 2. The number of benzene rings is 1. The van der Waals surface area contributed by atoms with Crippen LogP contribution in [0.4, 0.5) is 0 Å². The SMILES string of the molecule is CCCC(N)C(=O)NCCc1ccc(C)cc1. The number of amides is 1. The van der Waals surface area contributed by atoms with Gasteiger partial charge in [0.05, 0.1) is 6.04 Å². The second kappa shape index (κ2) is 7.07. The maximum atomic E-state index is 11.5. The second-order valence-corrected chi connectivity index (χ2v) is 4.42. The van der Waals surface area contributed by atoms with Gasteiger partial charge >= 0.3 is 0 Å². The summed E-state index contributed by atoms with van der Waals surface area (Å²) in [6.07, 6.45) is 2.54. The molecular formula is C14H22N2O. The lowest BCUT2D eigenvalue weighted by Crippen LogP contribution is -2.41. The van der Waals surface area contributed by atoms with Crippen LogP contribution in [0.3, 0.4) is 0 Å². The first-order chi connectivity index (χ1) is 8.13. The summed E-state index contributed by atoms with van der Waals surface area (Å²) >= 11 is 0. The molecule has 0 fully saturated rings. The zero-order valence-electron chi connectivity index (χ0n) is 10.7. The Labute approximate surface area is 103 Å². The maximum absolute atomic E-state index is 11.5. The molecule has 0 aromatic heterocycles. The van der Waals surface area contributed by atoms with Crippen molar-refractivity contribution in [1.29, 1.82) is 0 Å². The minimum absolute atomic E-state index is 0.0426. The summed E-state index contributed by atoms with van der Waals surface area (Å²) in [4.78, 5) is 11.5. The Balaban J connectivity index is 2.28. The third-order valence-corrected chi connectivity index (χ3v) is 2.77. The summed E-state index contributed by atoms with van der Waals surface area (Å²) in [5.74, 6) is -0.0426. The van der Waals surface area contributed by atoms with E-state index < -0.39 is 0 Å². The summed E-state index contributed by atoms with van der Waals surface area (Å²) < 4.78 is 0. The topological polar surface area (TPSA) is 55.1 Å². The molecule has 1 atom stereocenters. The number of carbonyl (C=O) groups is 1. The van der Waals surface area contributed by atoms with Gasteiger partial charge in [-0.1, -0.05) is 43.2 Å². The van der Waals surface area contributed by atoms with Crippen molar-refractivity contribution in [2.24, 2.45) is 5.73 Å². The highest BCUT2D eigenvalue weighted by atomic mass is 16.2. The largest absolute Gasteiger partial charge is 0.354 e. The van der Waals surface area contributed by atoms with Crippen molar-refractivity contribution >= 4 is 5.91 Å². The van der Waals surface area contributed by atoms with Crippen LogP contribution >= 0.6 is 0 Å². The van der Waals surface area contributed by atoms with Gasteiger partial charge in [0.1, 0.15) is 0 Å². The molecule has 0 aliphatic rings. The Morgan fingerprint density at radius 3 is 2.59 bits per heavy atom. The summed E-state index contributed by atoms with van der Waals surface area (Å²) in [7, 11) is 0. The fourth-order valence-corrected chi connectivity index (χ4v) is 1.66. The third kappa shape index (κ3) is 5.00. The first-order valence-electron chi connectivity index (χ1n) is 6.22. The standard InChI is InChI=1S/C14H22N2O/c1-3-4-13(15)14(17)16-10-9-12-7-5-11(2)6-8-12/h5-8,13H,3-4,9-10,15H2,1-2H3,(H,16,17). The summed E-state index contributed by atoms with van der Waals surface area (Å²) in [6.45, 7) is 4.74. The van der Waals surface area contributed by atoms with Gasteiger partial charge in [-0.05, 0) is 25.3 Å². The van der Waals surface area contributed by atoms with E-state index in [9.17, 15) is 4.79 Å². The third-order valence-electron chi connectivity index (χ3n) is 2.77. The number of rotatable bonds is 6. The van der Waals surface area contributed by atoms with E-state index >= 15 is 0 Å². The lowest BCUT2D eigenvalue weighted by molar-refractivity contribution is -0.122. The molecule has 0 radical (unpaired) electrons. The van der Waals surface area contributed by atoms with Crippen LogP contribution in [0, 0.1) is 6.92 Å². The van der Waals surface area contributed by atoms with E-state index in [1.165, 1.54) is 11.1 Å². The van der Waals surface area contributed by atoms with Crippen molar-refractivity contribution in [3.05, 3.63) is 35.4 Å². The molecule has 0 aliphatic carbocycles. The van der Waals surface area contributed by atoms with Gasteiger partial charge in [0, 0.05) is 6.54 Å².